The summed E-state index contributed by atoms with van der Waals surface area (Å²) in [5.74, 6) is 1.91. The maximum Gasteiger partial charge on any atom is 2.00 e. The summed E-state index contributed by atoms with van der Waals surface area (Å²) >= 11 is 9.88. The fourth-order valence-corrected chi connectivity index (χ4v) is 5.00. The van der Waals surface area contributed by atoms with Gasteiger partial charge in [-0.15, -0.1) is 0 Å². The average molecular weight is 748 g/mol. The first-order valence-electron chi connectivity index (χ1n) is 19.4. The summed E-state index contributed by atoms with van der Waals surface area (Å²) in [7, 11) is 0. The van der Waals surface area contributed by atoms with E-state index in [-0.39, 0.29) is 23.9 Å². The molecule has 0 rings (SSSR count). The second kappa shape index (κ2) is 62.3. The Hall–Kier alpha value is 1.50. The Morgan fingerprint density at radius 3 is 0.558 bits per heavy atom. The molecule has 0 aliphatic carbocycles. The summed E-state index contributed by atoms with van der Waals surface area (Å²) in [4.78, 5) is 0. The third kappa shape index (κ3) is 75.5. The van der Waals surface area contributed by atoms with Crippen molar-refractivity contribution in [2.24, 2.45) is 0 Å². The van der Waals surface area contributed by atoms with Gasteiger partial charge in [0.1, 0.15) is 0 Å². The van der Waals surface area contributed by atoms with E-state index < -0.39 is 0 Å². The molecule has 43 heavy (non-hydrogen) atoms. The minimum atomic E-state index is 0. The van der Waals surface area contributed by atoms with Crippen molar-refractivity contribution in [3.63, 3.8) is 0 Å². The van der Waals surface area contributed by atoms with Crippen molar-refractivity contribution < 1.29 is 0 Å². The van der Waals surface area contributed by atoms with Gasteiger partial charge in [0.25, 0.3) is 0 Å². The van der Waals surface area contributed by atoms with Gasteiger partial charge in [0.05, 0.1) is 0 Å². The second-order valence-corrected chi connectivity index (χ2v) is 13.1. The zero-order chi connectivity index (χ0) is 32.0. The van der Waals surface area contributed by atoms with Gasteiger partial charge < -0.3 is 25.3 Å². The van der Waals surface area contributed by atoms with E-state index in [1.807, 2.05) is 0 Å². The third-order valence-corrected chi connectivity index (χ3v) is 8.39. The van der Waals surface area contributed by atoms with Gasteiger partial charge in [-0.05, 0) is 12.8 Å². The maximum absolute atomic E-state index is 4.94. The molecule has 0 aromatic rings. The molecule has 0 saturated heterocycles. The summed E-state index contributed by atoms with van der Waals surface area (Å²) in [5.41, 5.74) is 0. The molecule has 0 aromatic heterocycles. The van der Waals surface area contributed by atoms with E-state index in [1.165, 1.54) is 193 Å². The van der Waals surface area contributed by atoms with Crippen molar-refractivity contribution in [2.45, 2.75) is 234 Å². The van der Waals surface area contributed by atoms with Crippen molar-refractivity contribution in [1.82, 2.24) is 0 Å². The van der Waals surface area contributed by atoms with E-state index in [1.54, 1.807) is 0 Å². The molecule has 0 amide bonds. The molecule has 0 fully saturated rings. The molecule has 0 aliphatic heterocycles. The first kappa shape index (κ1) is 54.0. The van der Waals surface area contributed by atoms with Crippen LogP contribution in [0, 0.1) is 12.8 Å². The zero-order valence-electron chi connectivity index (χ0n) is 31.1. The van der Waals surface area contributed by atoms with E-state index in [2.05, 4.69) is 54.4 Å². The second-order valence-electron chi connectivity index (χ2n) is 12.2. The van der Waals surface area contributed by atoms with Crippen molar-refractivity contribution in [3.05, 3.63) is 12.8 Å². The van der Waals surface area contributed by atoms with E-state index in [0.717, 1.165) is 11.5 Å². The number of hydrogen-bond acceptors (Lipinski definition) is 2. The monoisotopic (exact) mass is 749 g/mol. The van der Waals surface area contributed by atoms with Crippen LogP contribution in [0.25, 0.3) is 0 Å². The third-order valence-electron chi connectivity index (χ3n) is 7.81. The summed E-state index contributed by atoms with van der Waals surface area (Å²) in [6.07, 6.45) is 46.6. The van der Waals surface area contributed by atoms with E-state index in [4.69, 9.17) is 25.3 Å². The molecule has 0 N–H and O–H groups in total. The SMILES string of the molecule is CCCCCCCCCCCCCCCC[S-].CCCCCCCCCCCCCCCC[S-].C[CH]CC.C[CH]CC.[Sn+2]. The fraction of sp³-hybridized carbons (Fsp3) is 0.950. The standard InChI is InChI=1S/2C16H34S.2C4H9.Sn/c2*1-2-3-4-5-6-7-8-9-10-11-12-13-14-15-16-17;2*1-3-4-2;/h2*17H,2-16H2,1H3;2*3H,4H2,1-2H3;/q;;;;+2/p-2. The smallest absolute Gasteiger partial charge is 0.793 e. The van der Waals surface area contributed by atoms with Crippen molar-refractivity contribution in [2.75, 3.05) is 11.5 Å². The Morgan fingerprint density at radius 2 is 0.442 bits per heavy atom. The number of rotatable bonds is 30. The fourth-order valence-electron chi connectivity index (χ4n) is 4.59. The van der Waals surface area contributed by atoms with Crippen LogP contribution >= 0.6 is 0 Å². The van der Waals surface area contributed by atoms with Crippen LogP contribution in [0.3, 0.4) is 0 Å². The van der Waals surface area contributed by atoms with Crippen LogP contribution in [-0.2, 0) is 25.3 Å². The Bertz CT molecular complexity index is 298. The van der Waals surface area contributed by atoms with Gasteiger partial charge in [-0.1, -0.05) is 234 Å². The minimum absolute atomic E-state index is 0. The predicted octanol–water partition coefficient (Wildman–Crippen LogP) is 14.9. The molecular weight excluding hydrogens is 663 g/mol. The maximum atomic E-state index is 4.94. The van der Waals surface area contributed by atoms with Gasteiger partial charge in [0.2, 0.25) is 0 Å². The van der Waals surface area contributed by atoms with Crippen LogP contribution in [0.2, 0.25) is 0 Å². The Balaban J connectivity index is -0.000000175. The minimum Gasteiger partial charge on any atom is -0.793 e. The van der Waals surface area contributed by atoms with Crippen LogP contribution in [-0.4, -0.2) is 35.4 Å². The molecule has 0 aromatic carbocycles. The van der Waals surface area contributed by atoms with E-state index >= 15 is 0 Å². The Morgan fingerprint density at radius 1 is 0.302 bits per heavy atom. The van der Waals surface area contributed by atoms with Gasteiger partial charge in [-0.3, -0.25) is 0 Å². The zero-order valence-corrected chi connectivity index (χ0v) is 35.6. The molecule has 0 saturated carbocycles. The van der Waals surface area contributed by atoms with Gasteiger partial charge in [0, 0.05) is 0 Å². The molecule has 4 radical (unpaired) electrons. The Labute approximate surface area is 305 Å². The molecule has 0 heterocycles. The van der Waals surface area contributed by atoms with Crippen LogP contribution in [0.4, 0.5) is 0 Å². The molecule has 260 valence electrons. The van der Waals surface area contributed by atoms with Crippen molar-refractivity contribution >= 4 is 49.2 Å². The molecule has 0 aliphatic rings. The molecule has 0 bridgehead atoms. The molecular formula is C40H84S2Sn. The number of hydrogen-bond donors (Lipinski definition) is 0. The molecule has 0 unspecified atom stereocenters. The quantitative estimate of drug-likeness (QED) is 0.0408. The molecule has 0 atom stereocenters. The summed E-state index contributed by atoms with van der Waals surface area (Å²) in [6, 6.07) is 0. The van der Waals surface area contributed by atoms with Gasteiger partial charge in [-0.25, -0.2) is 0 Å². The summed E-state index contributed by atoms with van der Waals surface area (Å²) in [6.45, 7) is 12.9. The normalized spacial score (nSPS) is 10.0. The van der Waals surface area contributed by atoms with Crippen LogP contribution < -0.4 is 0 Å². The van der Waals surface area contributed by atoms with E-state index in [9.17, 15) is 0 Å². The van der Waals surface area contributed by atoms with Crippen LogP contribution in [0.5, 0.6) is 0 Å². The first-order chi connectivity index (χ1) is 20.7. The largest absolute Gasteiger partial charge is 2.00 e. The molecule has 3 heteroatoms. The number of unbranched alkanes of at least 4 members (excludes halogenated alkanes) is 28. The van der Waals surface area contributed by atoms with Gasteiger partial charge >= 0.3 is 23.9 Å². The first-order valence-corrected chi connectivity index (χ1v) is 20.5. The van der Waals surface area contributed by atoms with Crippen molar-refractivity contribution in [1.29, 1.82) is 0 Å². The van der Waals surface area contributed by atoms with Crippen LogP contribution in [0.15, 0.2) is 0 Å². The van der Waals surface area contributed by atoms with E-state index in [0.29, 0.717) is 0 Å². The van der Waals surface area contributed by atoms with Crippen molar-refractivity contribution in [3.8, 4) is 0 Å². The van der Waals surface area contributed by atoms with Gasteiger partial charge in [0.15, 0.2) is 0 Å². The summed E-state index contributed by atoms with van der Waals surface area (Å²) in [5, 5.41) is 0. The topological polar surface area (TPSA) is 0 Å². The molecule has 0 nitrogen and oxygen atoms in total. The van der Waals surface area contributed by atoms with Gasteiger partial charge in [-0.2, -0.15) is 11.5 Å². The van der Waals surface area contributed by atoms with Crippen LogP contribution in [0.1, 0.15) is 234 Å². The molecule has 0 spiro atoms. The predicted molar refractivity (Wildman–Crippen MR) is 211 cm³/mol. The average Bonchev–Trinajstić information content (AvgIpc) is 3.02. The Kier molecular flexibility index (Phi) is 78.2. The summed E-state index contributed by atoms with van der Waals surface area (Å²) < 4.78 is 0.